The van der Waals surface area contributed by atoms with Crippen molar-refractivity contribution in [2.45, 2.75) is 44.9 Å². The average molecular weight is 444 g/mol. The predicted octanol–water partition coefficient (Wildman–Crippen LogP) is 4.46. The van der Waals surface area contributed by atoms with E-state index in [0.717, 1.165) is 42.0 Å². The van der Waals surface area contributed by atoms with Gasteiger partial charge in [-0.15, -0.1) is 0 Å². The summed E-state index contributed by atoms with van der Waals surface area (Å²) in [6.45, 7) is -0.339. The fraction of sp³-hybridized carbons (Fsp3) is 0.391. The minimum absolute atomic E-state index is 0.339. The van der Waals surface area contributed by atoms with Gasteiger partial charge in [0.05, 0.1) is 11.9 Å². The third kappa shape index (κ3) is 7.40. The van der Waals surface area contributed by atoms with Gasteiger partial charge < -0.3 is 4.74 Å². The largest absolute Gasteiger partial charge is 0.457 e. The van der Waals surface area contributed by atoms with Gasteiger partial charge in [0.25, 0.3) is 5.91 Å². The van der Waals surface area contributed by atoms with Crippen LogP contribution < -0.4 is 14.5 Å². The summed E-state index contributed by atoms with van der Waals surface area (Å²) in [6, 6.07) is 15.9. The molecule has 1 aliphatic rings. The Morgan fingerprint density at radius 2 is 1.52 bits per heavy atom. The number of amides is 1. The first-order chi connectivity index (χ1) is 14.9. The first-order valence-electron chi connectivity index (χ1n) is 10.6. The second-order valence-electron chi connectivity index (χ2n) is 7.66. The van der Waals surface area contributed by atoms with Gasteiger partial charge >= 0.3 is 0 Å². The average Bonchev–Trinajstić information content (AvgIpc) is 2.72. The van der Waals surface area contributed by atoms with Crippen molar-refractivity contribution in [2.24, 2.45) is 5.10 Å². The third-order valence-electron chi connectivity index (χ3n) is 5.06. The van der Waals surface area contributed by atoms with Crippen molar-refractivity contribution in [3.8, 4) is 11.5 Å². The number of carbonyl (C=O) groups is 1. The number of nitrogens with zero attached hydrogens (tertiary/aromatic N) is 2. The van der Waals surface area contributed by atoms with E-state index in [2.05, 4.69) is 10.5 Å². The van der Waals surface area contributed by atoms with E-state index in [-0.39, 0.29) is 6.54 Å². The molecule has 2 aromatic rings. The Bertz CT molecular complexity index is 979. The monoisotopic (exact) mass is 443 g/mol. The van der Waals surface area contributed by atoms with Crippen LogP contribution in [0.3, 0.4) is 0 Å². The van der Waals surface area contributed by atoms with Crippen LogP contribution in [0.1, 0.15) is 44.9 Å². The zero-order valence-electron chi connectivity index (χ0n) is 17.8. The Morgan fingerprint density at radius 1 is 0.935 bits per heavy atom. The molecular formula is C23H29N3O4S. The lowest BCUT2D eigenvalue weighted by atomic mass is 9.99. The molecule has 0 radical (unpaired) electrons. The Labute approximate surface area is 184 Å². The third-order valence-corrected chi connectivity index (χ3v) is 6.20. The summed E-state index contributed by atoms with van der Waals surface area (Å²) in [4.78, 5) is 12.4. The summed E-state index contributed by atoms with van der Waals surface area (Å²) in [5.41, 5.74) is 3.89. The maximum Gasteiger partial charge on any atom is 0.260 e. The van der Waals surface area contributed by atoms with Gasteiger partial charge in [0.15, 0.2) is 0 Å². The Balaban J connectivity index is 1.65. The van der Waals surface area contributed by atoms with Gasteiger partial charge in [-0.05, 0) is 62.1 Å². The molecular weight excluding hydrogens is 414 g/mol. The van der Waals surface area contributed by atoms with Crippen molar-refractivity contribution < 1.29 is 17.9 Å². The number of benzene rings is 2. The highest BCUT2D eigenvalue weighted by atomic mass is 32.2. The molecule has 0 spiro atoms. The number of hydrogen-bond donors (Lipinski definition) is 1. The number of hydrazone groups is 1. The Kier molecular flexibility index (Phi) is 8.06. The highest BCUT2D eigenvalue weighted by Gasteiger charge is 2.21. The number of sulfonamides is 1. The zero-order valence-corrected chi connectivity index (χ0v) is 18.6. The van der Waals surface area contributed by atoms with Crippen LogP contribution in [0.4, 0.5) is 5.69 Å². The van der Waals surface area contributed by atoms with E-state index < -0.39 is 15.9 Å². The molecule has 0 atom stereocenters. The second-order valence-corrected chi connectivity index (χ2v) is 9.57. The molecule has 0 unspecified atom stereocenters. The van der Waals surface area contributed by atoms with E-state index in [9.17, 15) is 13.2 Å². The molecule has 1 N–H and O–H groups in total. The van der Waals surface area contributed by atoms with Crippen LogP contribution in [-0.4, -0.2) is 32.8 Å². The summed E-state index contributed by atoms with van der Waals surface area (Å²) in [6.07, 6.45) is 8.58. The van der Waals surface area contributed by atoms with Crippen molar-refractivity contribution in [1.82, 2.24) is 5.43 Å². The molecule has 166 valence electrons. The first kappa shape index (κ1) is 22.8. The molecule has 31 heavy (non-hydrogen) atoms. The van der Waals surface area contributed by atoms with Gasteiger partial charge in [0.2, 0.25) is 10.0 Å². The minimum atomic E-state index is -3.66. The molecule has 7 nitrogen and oxygen atoms in total. The van der Waals surface area contributed by atoms with Gasteiger partial charge in [-0.1, -0.05) is 37.5 Å². The smallest absolute Gasteiger partial charge is 0.260 e. The number of rotatable bonds is 7. The van der Waals surface area contributed by atoms with E-state index in [1.807, 2.05) is 30.3 Å². The zero-order chi connectivity index (χ0) is 22.1. The lowest BCUT2D eigenvalue weighted by Gasteiger charge is -2.21. The summed E-state index contributed by atoms with van der Waals surface area (Å²) in [5, 5.41) is 4.25. The fourth-order valence-corrected chi connectivity index (χ4v) is 4.29. The number of nitrogens with one attached hydrogen (secondary N) is 1. The highest BCUT2D eigenvalue weighted by molar-refractivity contribution is 7.92. The molecule has 1 fully saturated rings. The molecule has 0 aromatic heterocycles. The summed E-state index contributed by atoms with van der Waals surface area (Å²) in [7, 11) is -3.66. The maximum atomic E-state index is 12.4. The summed E-state index contributed by atoms with van der Waals surface area (Å²) < 4.78 is 31.4. The number of hydrogen-bond acceptors (Lipinski definition) is 5. The van der Waals surface area contributed by atoms with Crippen LogP contribution in [-0.2, 0) is 14.8 Å². The van der Waals surface area contributed by atoms with Gasteiger partial charge in [-0.3, -0.25) is 9.10 Å². The summed E-state index contributed by atoms with van der Waals surface area (Å²) >= 11 is 0. The topological polar surface area (TPSA) is 88.1 Å². The quantitative estimate of drug-likeness (QED) is 0.640. The van der Waals surface area contributed by atoms with Gasteiger partial charge in [-0.2, -0.15) is 5.10 Å². The van der Waals surface area contributed by atoms with E-state index >= 15 is 0 Å². The molecule has 0 bridgehead atoms. The number of carbonyl (C=O) groups excluding carboxylic acids is 1. The van der Waals surface area contributed by atoms with Gasteiger partial charge in [0.1, 0.15) is 18.0 Å². The minimum Gasteiger partial charge on any atom is -0.457 e. The van der Waals surface area contributed by atoms with Crippen molar-refractivity contribution in [2.75, 3.05) is 17.1 Å². The molecule has 3 rings (SSSR count). The van der Waals surface area contributed by atoms with E-state index in [0.29, 0.717) is 17.2 Å². The molecule has 0 aliphatic heterocycles. The second kappa shape index (κ2) is 10.9. The predicted molar refractivity (Wildman–Crippen MR) is 123 cm³/mol. The van der Waals surface area contributed by atoms with Crippen LogP contribution in [0.25, 0.3) is 0 Å². The number of anilines is 1. The number of ether oxygens (including phenoxy) is 1. The molecule has 8 heteroatoms. The van der Waals surface area contributed by atoms with Gasteiger partial charge in [-0.25, -0.2) is 13.8 Å². The van der Waals surface area contributed by atoms with Gasteiger partial charge in [0, 0.05) is 5.71 Å². The lowest BCUT2D eigenvalue weighted by molar-refractivity contribution is -0.119. The standard InChI is InChI=1S/C23H29N3O4S/c1-31(28,29)26(18-23(27)25-24-19-10-6-3-2-4-7-11-19)20-14-16-22(17-15-20)30-21-12-8-5-9-13-21/h5,8-9,12-17H,2-4,6-7,10-11,18H2,1H3,(H,25,27). The molecule has 0 saturated heterocycles. The summed E-state index contributed by atoms with van der Waals surface area (Å²) in [5.74, 6) is 0.788. The van der Waals surface area contributed by atoms with Crippen LogP contribution in [0.15, 0.2) is 59.7 Å². The van der Waals surface area contributed by atoms with Crippen molar-refractivity contribution in [1.29, 1.82) is 0 Å². The van der Waals surface area contributed by atoms with Crippen LogP contribution in [0.5, 0.6) is 11.5 Å². The van der Waals surface area contributed by atoms with E-state index in [1.54, 1.807) is 24.3 Å². The van der Waals surface area contributed by atoms with Crippen LogP contribution in [0.2, 0.25) is 0 Å². The highest BCUT2D eigenvalue weighted by Crippen LogP contribution is 2.25. The fourth-order valence-electron chi connectivity index (χ4n) is 3.44. The maximum absolute atomic E-state index is 12.4. The molecule has 1 amide bonds. The van der Waals surface area contributed by atoms with Crippen molar-refractivity contribution in [3.63, 3.8) is 0 Å². The van der Waals surface area contributed by atoms with Crippen LogP contribution >= 0.6 is 0 Å². The Hall–Kier alpha value is -2.87. The van der Waals surface area contributed by atoms with Crippen molar-refractivity contribution >= 4 is 27.3 Å². The van der Waals surface area contributed by atoms with E-state index in [1.165, 1.54) is 19.3 Å². The van der Waals surface area contributed by atoms with E-state index in [4.69, 9.17) is 4.74 Å². The molecule has 1 saturated carbocycles. The first-order valence-corrected chi connectivity index (χ1v) is 12.4. The molecule has 2 aromatic carbocycles. The molecule has 1 aliphatic carbocycles. The molecule has 0 heterocycles. The lowest BCUT2D eigenvalue weighted by Crippen LogP contribution is -2.39. The van der Waals surface area contributed by atoms with Crippen LogP contribution in [0, 0.1) is 0 Å². The van der Waals surface area contributed by atoms with Crippen molar-refractivity contribution in [3.05, 3.63) is 54.6 Å². The Morgan fingerprint density at radius 3 is 2.13 bits per heavy atom. The SMILES string of the molecule is CS(=O)(=O)N(CC(=O)NN=C1CCCCCCC1)c1ccc(Oc2ccccc2)cc1. The number of para-hydroxylation sites is 1. The normalized spacial score (nSPS) is 14.8.